The molecule has 1 saturated carbocycles. The highest BCUT2D eigenvalue weighted by Crippen LogP contribution is 2.35. The standard InChI is InChI=1S/C12H21N3/c1-2-9-3-5-10(6-4-9)12-14-8-11(7-13)15-12/h8-10H,2-7,13H2,1H3,(H,14,15). The van der Waals surface area contributed by atoms with Gasteiger partial charge in [-0.05, 0) is 31.6 Å². The molecule has 0 aromatic carbocycles. The third-order valence-electron chi connectivity index (χ3n) is 3.68. The van der Waals surface area contributed by atoms with Crippen molar-refractivity contribution < 1.29 is 0 Å². The van der Waals surface area contributed by atoms with Crippen molar-refractivity contribution in [3.8, 4) is 0 Å². The van der Waals surface area contributed by atoms with Crippen LogP contribution < -0.4 is 5.73 Å². The zero-order valence-corrected chi connectivity index (χ0v) is 9.50. The SMILES string of the molecule is CCC1CCC(c2ncc(CN)[nH]2)CC1. The van der Waals surface area contributed by atoms with Gasteiger partial charge in [0.05, 0.1) is 0 Å². The lowest BCUT2D eigenvalue weighted by Gasteiger charge is -2.26. The van der Waals surface area contributed by atoms with Crippen LogP contribution >= 0.6 is 0 Å². The van der Waals surface area contributed by atoms with Gasteiger partial charge in [0.2, 0.25) is 0 Å². The van der Waals surface area contributed by atoms with Crippen LogP contribution in [0.3, 0.4) is 0 Å². The molecule has 3 nitrogen and oxygen atoms in total. The Labute approximate surface area is 91.5 Å². The molecule has 0 radical (unpaired) electrons. The van der Waals surface area contributed by atoms with Crippen LogP contribution in [-0.2, 0) is 6.54 Å². The molecule has 0 atom stereocenters. The molecule has 1 fully saturated rings. The number of H-pyrrole nitrogens is 1. The highest BCUT2D eigenvalue weighted by Gasteiger charge is 2.22. The molecule has 0 bridgehead atoms. The van der Waals surface area contributed by atoms with E-state index in [-0.39, 0.29) is 0 Å². The molecule has 84 valence electrons. The van der Waals surface area contributed by atoms with E-state index in [1.54, 1.807) is 0 Å². The monoisotopic (exact) mass is 207 g/mol. The van der Waals surface area contributed by atoms with E-state index >= 15 is 0 Å². The number of hydrogen-bond donors (Lipinski definition) is 2. The van der Waals surface area contributed by atoms with Crippen molar-refractivity contribution in [1.29, 1.82) is 0 Å². The fourth-order valence-corrected chi connectivity index (χ4v) is 2.53. The Morgan fingerprint density at radius 3 is 2.67 bits per heavy atom. The maximum Gasteiger partial charge on any atom is 0.109 e. The van der Waals surface area contributed by atoms with Crippen LogP contribution in [-0.4, -0.2) is 9.97 Å². The van der Waals surface area contributed by atoms with Crippen LogP contribution in [0.4, 0.5) is 0 Å². The third-order valence-corrected chi connectivity index (χ3v) is 3.68. The topological polar surface area (TPSA) is 54.7 Å². The van der Waals surface area contributed by atoms with Crippen LogP contribution in [0, 0.1) is 5.92 Å². The number of nitrogens with zero attached hydrogens (tertiary/aromatic N) is 1. The Balaban J connectivity index is 1.95. The molecule has 1 aromatic rings. The van der Waals surface area contributed by atoms with E-state index < -0.39 is 0 Å². The highest BCUT2D eigenvalue weighted by molar-refractivity contribution is 5.06. The summed E-state index contributed by atoms with van der Waals surface area (Å²) in [4.78, 5) is 7.76. The molecule has 0 amide bonds. The van der Waals surface area contributed by atoms with Gasteiger partial charge in [-0.1, -0.05) is 13.3 Å². The van der Waals surface area contributed by atoms with E-state index in [1.165, 1.54) is 32.1 Å². The first-order chi connectivity index (χ1) is 7.33. The first-order valence-electron chi connectivity index (χ1n) is 6.07. The number of rotatable bonds is 3. The lowest BCUT2D eigenvalue weighted by molar-refractivity contribution is 0.313. The number of aromatic nitrogens is 2. The second-order valence-electron chi connectivity index (χ2n) is 4.62. The van der Waals surface area contributed by atoms with Crippen molar-refractivity contribution in [2.45, 2.75) is 51.5 Å². The minimum Gasteiger partial charge on any atom is -0.345 e. The van der Waals surface area contributed by atoms with Gasteiger partial charge in [0, 0.05) is 24.4 Å². The summed E-state index contributed by atoms with van der Waals surface area (Å²) in [7, 11) is 0. The van der Waals surface area contributed by atoms with Crippen LogP contribution in [0.1, 0.15) is 56.5 Å². The average molecular weight is 207 g/mol. The fourth-order valence-electron chi connectivity index (χ4n) is 2.53. The predicted molar refractivity (Wildman–Crippen MR) is 61.5 cm³/mol. The summed E-state index contributed by atoms with van der Waals surface area (Å²) < 4.78 is 0. The molecule has 1 aliphatic rings. The van der Waals surface area contributed by atoms with Crippen LogP contribution in [0.5, 0.6) is 0 Å². The summed E-state index contributed by atoms with van der Waals surface area (Å²) in [5.74, 6) is 2.75. The van der Waals surface area contributed by atoms with Gasteiger partial charge in [0.15, 0.2) is 0 Å². The van der Waals surface area contributed by atoms with E-state index in [4.69, 9.17) is 5.73 Å². The van der Waals surface area contributed by atoms with Crippen molar-refractivity contribution in [1.82, 2.24) is 9.97 Å². The second-order valence-corrected chi connectivity index (χ2v) is 4.62. The molecule has 1 aromatic heterocycles. The summed E-state index contributed by atoms with van der Waals surface area (Å²) in [6.45, 7) is 2.86. The molecule has 0 aliphatic heterocycles. The van der Waals surface area contributed by atoms with Gasteiger partial charge in [0.1, 0.15) is 5.82 Å². The average Bonchev–Trinajstić information content (AvgIpc) is 2.78. The van der Waals surface area contributed by atoms with Gasteiger partial charge in [-0.3, -0.25) is 0 Å². The van der Waals surface area contributed by atoms with Gasteiger partial charge >= 0.3 is 0 Å². The molecule has 15 heavy (non-hydrogen) atoms. The Morgan fingerprint density at radius 2 is 2.13 bits per heavy atom. The summed E-state index contributed by atoms with van der Waals surface area (Å²) in [5, 5.41) is 0. The molecule has 2 rings (SSSR count). The van der Waals surface area contributed by atoms with E-state index in [2.05, 4.69) is 16.9 Å². The Kier molecular flexibility index (Phi) is 3.41. The summed E-state index contributed by atoms with van der Waals surface area (Å²) in [5.41, 5.74) is 6.62. The smallest absolute Gasteiger partial charge is 0.109 e. The maximum atomic E-state index is 5.57. The van der Waals surface area contributed by atoms with E-state index in [0.717, 1.165) is 17.4 Å². The highest BCUT2D eigenvalue weighted by atomic mass is 14.9. The quantitative estimate of drug-likeness (QED) is 0.800. The number of nitrogens with two attached hydrogens (primary N) is 1. The van der Waals surface area contributed by atoms with Crippen molar-refractivity contribution in [3.05, 3.63) is 17.7 Å². The molecule has 3 heteroatoms. The summed E-state index contributed by atoms with van der Waals surface area (Å²) >= 11 is 0. The normalized spacial score (nSPS) is 26.8. The lowest BCUT2D eigenvalue weighted by atomic mass is 9.80. The lowest BCUT2D eigenvalue weighted by Crippen LogP contribution is -2.13. The van der Waals surface area contributed by atoms with Crippen molar-refractivity contribution in [3.63, 3.8) is 0 Å². The van der Waals surface area contributed by atoms with Gasteiger partial charge in [-0.15, -0.1) is 0 Å². The number of hydrogen-bond acceptors (Lipinski definition) is 2. The Morgan fingerprint density at radius 1 is 1.40 bits per heavy atom. The first kappa shape index (κ1) is 10.7. The van der Waals surface area contributed by atoms with Gasteiger partial charge in [0.25, 0.3) is 0 Å². The zero-order valence-electron chi connectivity index (χ0n) is 9.50. The summed E-state index contributed by atoms with van der Waals surface area (Å²) in [6.07, 6.45) is 8.51. The van der Waals surface area contributed by atoms with Crippen LogP contribution in [0.2, 0.25) is 0 Å². The molecule has 3 N–H and O–H groups in total. The van der Waals surface area contributed by atoms with Gasteiger partial charge < -0.3 is 10.7 Å². The van der Waals surface area contributed by atoms with Gasteiger partial charge in [-0.2, -0.15) is 0 Å². The zero-order chi connectivity index (χ0) is 10.7. The largest absolute Gasteiger partial charge is 0.345 e. The Hall–Kier alpha value is -0.830. The maximum absolute atomic E-state index is 5.57. The molecular weight excluding hydrogens is 186 g/mol. The van der Waals surface area contributed by atoms with Crippen LogP contribution in [0.15, 0.2) is 6.20 Å². The Bertz CT molecular complexity index is 298. The van der Waals surface area contributed by atoms with E-state index in [9.17, 15) is 0 Å². The number of aromatic amines is 1. The molecule has 1 heterocycles. The van der Waals surface area contributed by atoms with E-state index in [0.29, 0.717) is 12.5 Å². The molecule has 1 aliphatic carbocycles. The molecule has 0 unspecified atom stereocenters. The minimum absolute atomic E-state index is 0.567. The van der Waals surface area contributed by atoms with Crippen molar-refractivity contribution in [2.24, 2.45) is 11.7 Å². The molecule has 0 spiro atoms. The van der Waals surface area contributed by atoms with Gasteiger partial charge in [-0.25, -0.2) is 4.98 Å². The first-order valence-corrected chi connectivity index (χ1v) is 6.07. The second kappa shape index (κ2) is 4.79. The third kappa shape index (κ3) is 2.40. The fraction of sp³-hybridized carbons (Fsp3) is 0.750. The predicted octanol–water partition coefficient (Wildman–Crippen LogP) is 2.55. The van der Waals surface area contributed by atoms with E-state index in [1.807, 2.05) is 6.20 Å². The van der Waals surface area contributed by atoms with Crippen molar-refractivity contribution in [2.75, 3.05) is 0 Å². The molecule has 0 saturated heterocycles. The van der Waals surface area contributed by atoms with Crippen LogP contribution in [0.25, 0.3) is 0 Å². The number of nitrogens with one attached hydrogen (secondary N) is 1. The minimum atomic E-state index is 0.567. The molecular formula is C12H21N3. The number of imidazole rings is 1. The summed E-state index contributed by atoms with van der Waals surface area (Å²) in [6, 6.07) is 0. The van der Waals surface area contributed by atoms with Crippen molar-refractivity contribution >= 4 is 0 Å².